The van der Waals surface area contributed by atoms with Crippen LogP contribution in [0.1, 0.15) is 45.9 Å². The van der Waals surface area contributed by atoms with Crippen LogP contribution in [0.4, 0.5) is 5.82 Å². The van der Waals surface area contributed by atoms with Crippen molar-refractivity contribution in [3.05, 3.63) is 23.4 Å². The van der Waals surface area contributed by atoms with Gasteiger partial charge in [0.15, 0.2) is 0 Å². The number of hydrogen-bond acceptors (Lipinski definition) is 4. The Kier molecular flexibility index (Phi) is 7.12. The Labute approximate surface area is 129 Å². The van der Waals surface area contributed by atoms with Crippen molar-refractivity contribution in [2.75, 3.05) is 38.3 Å². The molecule has 0 saturated heterocycles. The molecule has 0 spiro atoms. The van der Waals surface area contributed by atoms with Crippen molar-refractivity contribution in [2.24, 2.45) is 0 Å². The predicted octanol–water partition coefficient (Wildman–Crippen LogP) is 2.96. The second-order valence-corrected chi connectivity index (χ2v) is 6.37. The van der Waals surface area contributed by atoms with Crippen molar-refractivity contribution in [1.82, 2.24) is 10.3 Å². The van der Waals surface area contributed by atoms with E-state index < -0.39 is 0 Å². The molecule has 0 radical (unpaired) electrons. The molecule has 0 bridgehead atoms. The monoisotopic (exact) mass is 293 g/mol. The minimum absolute atomic E-state index is 0.0533. The summed E-state index contributed by atoms with van der Waals surface area (Å²) in [5, 5.41) is 3.39. The zero-order valence-corrected chi connectivity index (χ0v) is 14.5. The van der Waals surface area contributed by atoms with Crippen molar-refractivity contribution >= 4 is 5.82 Å². The zero-order chi connectivity index (χ0) is 15.9. The van der Waals surface area contributed by atoms with Crippen LogP contribution in [-0.4, -0.2) is 38.3 Å². The summed E-state index contributed by atoms with van der Waals surface area (Å²) in [4.78, 5) is 7.00. The van der Waals surface area contributed by atoms with E-state index in [-0.39, 0.29) is 5.41 Å². The minimum Gasteiger partial charge on any atom is -0.380 e. The Morgan fingerprint density at radius 2 is 1.95 bits per heavy atom. The summed E-state index contributed by atoms with van der Waals surface area (Å²) >= 11 is 0. The van der Waals surface area contributed by atoms with Gasteiger partial charge in [-0.05, 0) is 31.2 Å². The lowest BCUT2D eigenvalue weighted by atomic mass is 9.90. The second kappa shape index (κ2) is 8.35. The molecular weight excluding hydrogens is 262 g/mol. The van der Waals surface area contributed by atoms with Gasteiger partial charge >= 0.3 is 0 Å². The van der Waals surface area contributed by atoms with E-state index in [1.165, 1.54) is 5.56 Å². The van der Waals surface area contributed by atoms with E-state index in [2.05, 4.69) is 57.1 Å². The maximum absolute atomic E-state index is 5.44. The van der Waals surface area contributed by atoms with Gasteiger partial charge in [-0.2, -0.15) is 0 Å². The van der Waals surface area contributed by atoms with Crippen molar-refractivity contribution in [3.8, 4) is 0 Å². The number of nitrogens with one attached hydrogen (secondary N) is 1. The van der Waals surface area contributed by atoms with Crippen molar-refractivity contribution in [1.29, 1.82) is 0 Å². The highest BCUT2D eigenvalue weighted by atomic mass is 16.5. The normalized spacial score (nSPS) is 11.7. The fourth-order valence-corrected chi connectivity index (χ4v) is 1.98. The summed E-state index contributed by atoms with van der Waals surface area (Å²) in [6.07, 6.45) is 0. The first-order chi connectivity index (χ1) is 9.88. The molecule has 1 heterocycles. The maximum atomic E-state index is 5.44. The molecule has 21 heavy (non-hydrogen) atoms. The standard InChI is InChI=1S/C17H31N3O/c1-7-18-13-14-11-15(17(3,4)5)19-16(12-14)20(6)9-10-21-8-2/h11-12,18H,7-10,13H2,1-6H3. The molecule has 0 saturated carbocycles. The van der Waals surface area contributed by atoms with Gasteiger partial charge in [-0.1, -0.05) is 27.7 Å². The number of anilines is 1. The molecule has 0 aromatic carbocycles. The number of hydrogen-bond donors (Lipinski definition) is 1. The fraction of sp³-hybridized carbons (Fsp3) is 0.706. The summed E-state index contributed by atoms with van der Waals surface area (Å²) in [5.41, 5.74) is 2.48. The summed E-state index contributed by atoms with van der Waals surface area (Å²) < 4.78 is 5.44. The number of pyridine rings is 1. The van der Waals surface area contributed by atoms with Gasteiger partial charge in [0.2, 0.25) is 0 Å². The second-order valence-electron chi connectivity index (χ2n) is 6.37. The summed E-state index contributed by atoms with van der Waals surface area (Å²) in [6, 6.07) is 4.38. The highest BCUT2D eigenvalue weighted by Gasteiger charge is 2.18. The molecule has 0 fully saturated rings. The highest BCUT2D eigenvalue weighted by Crippen LogP contribution is 2.24. The average Bonchev–Trinajstić information content (AvgIpc) is 2.44. The Bertz CT molecular complexity index is 427. The average molecular weight is 293 g/mol. The van der Waals surface area contributed by atoms with Gasteiger partial charge in [0.1, 0.15) is 5.82 Å². The van der Waals surface area contributed by atoms with E-state index in [4.69, 9.17) is 9.72 Å². The molecule has 1 N–H and O–H groups in total. The quantitative estimate of drug-likeness (QED) is 0.748. The molecule has 0 aliphatic heterocycles. The van der Waals surface area contributed by atoms with Crippen LogP contribution < -0.4 is 10.2 Å². The smallest absolute Gasteiger partial charge is 0.128 e. The lowest BCUT2D eigenvalue weighted by Gasteiger charge is -2.24. The first kappa shape index (κ1) is 17.9. The zero-order valence-electron chi connectivity index (χ0n) is 14.5. The molecule has 0 unspecified atom stereocenters. The third-order valence-corrected chi connectivity index (χ3v) is 3.39. The van der Waals surface area contributed by atoms with E-state index in [1.807, 2.05) is 6.92 Å². The van der Waals surface area contributed by atoms with Crippen LogP contribution >= 0.6 is 0 Å². The summed E-state index contributed by atoms with van der Waals surface area (Å²) in [5.74, 6) is 1.02. The van der Waals surface area contributed by atoms with Crippen LogP contribution in [-0.2, 0) is 16.7 Å². The molecule has 1 aromatic rings. The Morgan fingerprint density at radius 1 is 1.24 bits per heavy atom. The lowest BCUT2D eigenvalue weighted by Crippen LogP contribution is -2.26. The Balaban J connectivity index is 2.95. The van der Waals surface area contributed by atoms with Crippen LogP contribution in [0, 0.1) is 0 Å². The topological polar surface area (TPSA) is 37.4 Å². The fourth-order valence-electron chi connectivity index (χ4n) is 1.98. The number of ether oxygens (including phenoxy) is 1. The Morgan fingerprint density at radius 3 is 2.52 bits per heavy atom. The minimum atomic E-state index is 0.0533. The van der Waals surface area contributed by atoms with Crippen LogP contribution in [0.2, 0.25) is 0 Å². The van der Waals surface area contributed by atoms with Gasteiger partial charge in [0.05, 0.1) is 6.61 Å². The van der Waals surface area contributed by atoms with E-state index >= 15 is 0 Å². The molecular formula is C17H31N3O. The summed E-state index contributed by atoms with van der Waals surface area (Å²) in [7, 11) is 2.07. The van der Waals surface area contributed by atoms with Gasteiger partial charge in [-0.3, -0.25) is 0 Å². The van der Waals surface area contributed by atoms with Gasteiger partial charge < -0.3 is 15.0 Å². The van der Waals surface area contributed by atoms with Gasteiger partial charge in [-0.15, -0.1) is 0 Å². The van der Waals surface area contributed by atoms with Gasteiger partial charge in [0.25, 0.3) is 0 Å². The molecule has 0 aliphatic rings. The van der Waals surface area contributed by atoms with Gasteiger partial charge in [-0.25, -0.2) is 4.98 Å². The third-order valence-electron chi connectivity index (χ3n) is 3.39. The molecule has 0 atom stereocenters. The van der Waals surface area contributed by atoms with Crippen LogP contribution in [0.3, 0.4) is 0 Å². The number of aromatic nitrogens is 1. The van der Waals surface area contributed by atoms with Crippen LogP contribution in [0.5, 0.6) is 0 Å². The van der Waals surface area contributed by atoms with E-state index in [0.717, 1.165) is 44.4 Å². The molecule has 0 aliphatic carbocycles. The highest BCUT2D eigenvalue weighted by molar-refractivity contribution is 5.43. The molecule has 4 heteroatoms. The van der Waals surface area contributed by atoms with Crippen molar-refractivity contribution in [3.63, 3.8) is 0 Å². The largest absolute Gasteiger partial charge is 0.380 e. The Hall–Kier alpha value is -1.13. The molecule has 120 valence electrons. The lowest BCUT2D eigenvalue weighted by molar-refractivity contribution is 0.154. The first-order valence-electron chi connectivity index (χ1n) is 7.89. The SMILES string of the molecule is CCNCc1cc(N(C)CCOCC)nc(C(C)(C)C)c1. The summed E-state index contributed by atoms with van der Waals surface area (Å²) in [6.45, 7) is 15.0. The van der Waals surface area contributed by atoms with Gasteiger partial charge in [0, 0.05) is 37.9 Å². The number of likely N-dealkylation sites (N-methyl/N-ethyl adjacent to an activating group) is 1. The van der Waals surface area contributed by atoms with Crippen LogP contribution in [0.15, 0.2) is 12.1 Å². The van der Waals surface area contributed by atoms with Crippen molar-refractivity contribution < 1.29 is 4.74 Å². The predicted molar refractivity (Wildman–Crippen MR) is 90.1 cm³/mol. The van der Waals surface area contributed by atoms with Crippen LogP contribution in [0.25, 0.3) is 0 Å². The molecule has 0 amide bonds. The van der Waals surface area contributed by atoms with Crippen molar-refractivity contribution in [2.45, 2.75) is 46.6 Å². The molecule has 1 aromatic heterocycles. The van der Waals surface area contributed by atoms with E-state index in [0.29, 0.717) is 0 Å². The first-order valence-corrected chi connectivity index (χ1v) is 7.89. The van der Waals surface area contributed by atoms with E-state index in [9.17, 15) is 0 Å². The number of nitrogens with zero attached hydrogens (tertiary/aromatic N) is 2. The third kappa shape index (κ3) is 6.02. The molecule has 1 rings (SSSR count). The van der Waals surface area contributed by atoms with E-state index in [1.54, 1.807) is 0 Å². The molecule has 4 nitrogen and oxygen atoms in total. The maximum Gasteiger partial charge on any atom is 0.128 e. The number of rotatable bonds is 8.